The van der Waals surface area contributed by atoms with Crippen LogP contribution in [0.25, 0.3) is 0 Å². The van der Waals surface area contributed by atoms with Crippen molar-refractivity contribution in [1.82, 2.24) is 9.97 Å². The zero-order valence-electron chi connectivity index (χ0n) is 8.40. The maximum atomic E-state index is 11.2. The van der Waals surface area contributed by atoms with Gasteiger partial charge in [0.15, 0.2) is 0 Å². The highest BCUT2D eigenvalue weighted by Crippen LogP contribution is 1.94. The first-order valence-electron chi connectivity index (χ1n) is 4.60. The van der Waals surface area contributed by atoms with Gasteiger partial charge < -0.3 is 15.5 Å². The molecule has 3 N–H and O–H groups in total. The second-order valence-electron chi connectivity index (χ2n) is 2.94. The van der Waals surface area contributed by atoms with Gasteiger partial charge in [-0.1, -0.05) is 0 Å². The molecule has 1 unspecified atom stereocenters. The second-order valence-corrected chi connectivity index (χ2v) is 2.94. The molecule has 0 aliphatic heterocycles. The predicted octanol–water partition coefficient (Wildman–Crippen LogP) is -0.797. The average molecular weight is 211 g/mol. The van der Waals surface area contributed by atoms with Crippen LogP contribution in [0, 0.1) is 0 Å². The molecule has 0 aromatic carbocycles. The second kappa shape index (κ2) is 5.26. The van der Waals surface area contributed by atoms with Crippen LogP contribution in [0.4, 0.5) is 0 Å². The number of aromatic nitrogens is 2. The smallest absolute Gasteiger partial charge is 0.323 e. The molecule has 0 saturated heterocycles. The molecule has 82 valence electrons. The van der Waals surface area contributed by atoms with E-state index in [4.69, 9.17) is 10.5 Å². The van der Waals surface area contributed by atoms with E-state index in [1.54, 1.807) is 6.92 Å². The normalized spacial score (nSPS) is 12.1. The van der Waals surface area contributed by atoms with Crippen LogP contribution in [0.1, 0.15) is 12.7 Å². The molecular formula is C9H13N3O3. The Kier molecular flexibility index (Phi) is 3.99. The lowest BCUT2D eigenvalue weighted by atomic mass is 10.2. The minimum atomic E-state index is -0.796. The molecule has 1 aromatic rings. The number of carbonyl (C=O) groups is 1. The number of esters is 1. The summed E-state index contributed by atoms with van der Waals surface area (Å²) < 4.78 is 4.72. The first-order chi connectivity index (χ1) is 7.13. The standard InChI is InChI=1S/C9H13N3O3/c1-2-15-9(14)6(10)5-7-11-4-3-8(13)12-7/h3-4,6H,2,5,10H2,1H3,(H,11,12,13). The summed E-state index contributed by atoms with van der Waals surface area (Å²) in [6.45, 7) is 1.98. The van der Waals surface area contributed by atoms with E-state index in [0.29, 0.717) is 5.82 Å². The van der Waals surface area contributed by atoms with Crippen LogP contribution in [0.5, 0.6) is 0 Å². The Morgan fingerprint density at radius 3 is 3.07 bits per heavy atom. The molecule has 1 heterocycles. The summed E-state index contributed by atoms with van der Waals surface area (Å²) in [6.07, 6.45) is 1.53. The van der Waals surface area contributed by atoms with Crippen LogP contribution in [0.15, 0.2) is 17.1 Å². The lowest BCUT2D eigenvalue weighted by Crippen LogP contribution is -2.35. The third kappa shape index (κ3) is 3.51. The fourth-order valence-electron chi connectivity index (χ4n) is 1.06. The predicted molar refractivity (Wildman–Crippen MR) is 53.2 cm³/mol. The molecule has 0 radical (unpaired) electrons. The Hall–Kier alpha value is -1.69. The molecule has 1 atom stereocenters. The van der Waals surface area contributed by atoms with Gasteiger partial charge in [0.1, 0.15) is 11.9 Å². The topological polar surface area (TPSA) is 98.1 Å². The number of hydrogen-bond donors (Lipinski definition) is 2. The fraction of sp³-hybridized carbons (Fsp3) is 0.444. The quantitative estimate of drug-likeness (QED) is 0.635. The first kappa shape index (κ1) is 11.4. The molecule has 0 aliphatic carbocycles. The Morgan fingerprint density at radius 1 is 1.73 bits per heavy atom. The van der Waals surface area contributed by atoms with Crippen molar-refractivity contribution in [2.45, 2.75) is 19.4 Å². The highest BCUT2D eigenvalue weighted by atomic mass is 16.5. The van der Waals surface area contributed by atoms with E-state index in [9.17, 15) is 9.59 Å². The van der Waals surface area contributed by atoms with Gasteiger partial charge in [0.25, 0.3) is 5.56 Å². The number of ether oxygens (including phenoxy) is 1. The Balaban J connectivity index is 2.62. The number of rotatable bonds is 4. The van der Waals surface area contributed by atoms with Crippen LogP contribution in [0.3, 0.4) is 0 Å². The molecule has 1 aromatic heterocycles. The number of H-pyrrole nitrogens is 1. The van der Waals surface area contributed by atoms with E-state index in [1.807, 2.05) is 0 Å². The average Bonchev–Trinajstić information content (AvgIpc) is 2.18. The highest BCUT2D eigenvalue weighted by molar-refractivity contribution is 5.75. The number of nitrogens with two attached hydrogens (primary N) is 1. The minimum absolute atomic E-state index is 0.162. The van der Waals surface area contributed by atoms with E-state index in [2.05, 4.69) is 9.97 Å². The van der Waals surface area contributed by atoms with Crippen molar-refractivity contribution in [1.29, 1.82) is 0 Å². The largest absolute Gasteiger partial charge is 0.465 e. The van der Waals surface area contributed by atoms with Gasteiger partial charge >= 0.3 is 5.97 Å². The number of nitrogens with one attached hydrogen (secondary N) is 1. The molecule has 1 rings (SSSR count). The van der Waals surface area contributed by atoms with Crippen LogP contribution in [-0.4, -0.2) is 28.6 Å². The lowest BCUT2D eigenvalue weighted by molar-refractivity contribution is -0.144. The zero-order valence-corrected chi connectivity index (χ0v) is 8.40. The molecule has 0 aliphatic rings. The maximum absolute atomic E-state index is 11.2. The van der Waals surface area contributed by atoms with Gasteiger partial charge in [-0.3, -0.25) is 9.59 Å². The Bertz CT molecular complexity index is 388. The molecule has 0 amide bonds. The Morgan fingerprint density at radius 2 is 2.47 bits per heavy atom. The SMILES string of the molecule is CCOC(=O)C(N)Cc1nccc(=O)[nH]1. The summed E-state index contributed by atoms with van der Waals surface area (Å²) in [5.74, 6) is -0.118. The van der Waals surface area contributed by atoms with Gasteiger partial charge in [-0.2, -0.15) is 0 Å². The minimum Gasteiger partial charge on any atom is -0.465 e. The van der Waals surface area contributed by atoms with Gasteiger partial charge in [0.05, 0.1) is 6.61 Å². The van der Waals surface area contributed by atoms with E-state index < -0.39 is 12.0 Å². The first-order valence-corrected chi connectivity index (χ1v) is 4.60. The molecule has 0 saturated carbocycles. The van der Waals surface area contributed by atoms with Gasteiger partial charge in [0, 0.05) is 18.7 Å². The third-order valence-corrected chi connectivity index (χ3v) is 1.73. The van der Waals surface area contributed by atoms with Gasteiger partial charge in [-0.25, -0.2) is 4.98 Å². The van der Waals surface area contributed by atoms with Crippen molar-refractivity contribution in [3.05, 3.63) is 28.4 Å². The molecule has 0 fully saturated rings. The summed E-state index contributed by atoms with van der Waals surface area (Å²) >= 11 is 0. The van der Waals surface area contributed by atoms with Gasteiger partial charge in [-0.15, -0.1) is 0 Å². The van der Waals surface area contributed by atoms with E-state index >= 15 is 0 Å². The molecule has 6 nitrogen and oxygen atoms in total. The number of carbonyl (C=O) groups excluding carboxylic acids is 1. The molecular weight excluding hydrogens is 198 g/mol. The van der Waals surface area contributed by atoms with E-state index in [0.717, 1.165) is 0 Å². The van der Waals surface area contributed by atoms with E-state index in [-0.39, 0.29) is 18.6 Å². The summed E-state index contributed by atoms with van der Waals surface area (Å²) in [5.41, 5.74) is 5.28. The summed E-state index contributed by atoms with van der Waals surface area (Å²) in [6, 6.07) is 0.495. The zero-order chi connectivity index (χ0) is 11.3. The molecule has 0 spiro atoms. The Labute approximate surface area is 86.5 Å². The van der Waals surface area contributed by atoms with Crippen LogP contribution in [-0.2, 0) is 16.0 Å². The lowest BCUT2D eigenvalue weighted by Gasteiger charge is -2.09. The summed E-state index contributed by atoms with van der Waals surface area (Å²) in [4.78, 5) is 28.4. The number of aromatic amines is 1. The number of hydrogen-bond acceptors (Lipinski definition) is 5. The summed E-state index contributed by atoms with van der Waals surface area (Å²) in [5, 5.41) is 0. The van der Waals surface area contributed by atoms with Crippen molar-refractivity contribution in [2.75, 3.05) is 6.61 Å². The summed E-state index contributed by atoms with van der Waals surface area (Å²) in [7, 11) is 0. The van der Waals surface area contributed by atoms with Crippen molar-refractivity contribution >= 4 is 5.97 Å². The highest BCUT2D eigenvalue weighted by Gasteiger charge is 2.15. The van der Waals surface area contributed by atoms with Crippen molar-refractivity contribution in [2.24, 2.45) is 5.73 Å². The van der Waals surface area contributed by atoms with Gasteiger partial charge in [-0.05, 0) is 6.92 Å². The molecule has 0 bridgehead atoms. The van der Waals surface area contributed by atoms with Crippen LogP contribution in [0.2, 0.25) is 0 Å². The number of nitrogens with zero attached hydrogens (tertiary/aromatic N) is 1. The van der Waals surface area contributed by atoms with Crippen LogP contribution >= 0.6 is 0 Å². The fourth-order valence-corrected chi connectivity index (χ4v) is 1.06. The third-order valence-electron chi connectivity index (χ3n) is 1.73. The van der Waals surface area contributed by atoms with E-state index in [1.165, 1.54) is 12.3 Å². The monoisotopic (exact) mass is 211 g/mol. The van der Waals surface area contributed by atoms with Crippen LogP contribution < -0.4 is 11.3 Å². The van der Waals surface area contributed by atoms with Crippen molar-refractivity contribution in [3.8, 4) is 0 Å². The molecule has 15 heavy (non-hydrogen) atoms. The van der Waals surface area contributed by atoms with Crippen molar-refractivity contribution in [3.63, 3.8) is 0 Å². The maximum Gasteiger partial charge on any atom is 0.323 e. The van der Waals surface area contributed by atoms with Gasteiger partial charge in [0.2, 0.25) is 0 Å². The van der Waals surface area contributed by atoms with Crippen molar-refractivity contribution < 1.29 is 9.53 Å². The molecule has 6 heteroatoms.